The second kappa shape index (κ2) is 4.67. The molecular weight excluding hydrogens is 158 g/mol. The maximum Gasteiger partial charge on any atom is 0.0193 e. The van der Waals surface area contributed by atoms with Gasteiger partial charge in [-0.3, -0.25) is 0 Å². The Kier molecular flexibility index (Phi) is 3.81. The van der Waals surface area contributed by atoms with Gasteiger partial charge in [-0.2, -0.15) is 0 Å². The molecule has 0 bridgehead atoms. The predicted octanol–water partition coefficient (Wildman–Crippen LogP) is 2.57. The molecule has 1 heteroatoms. The van der Waals surface area contributed by atoms with Gasteiger partial charge >= 0.3 is 0 Å². The molecule has 1 fully saturated rings. The molecule has 1 aliphatic heterocycles. The molecule has 1 rings (SSSR count). The third-order valence-corrected chi connectivity index (χ3v) is 2.88. The highest BCUT2D eigenvalue weighted by Gasteiger charge is 2.32. The van der Waals surface area contributed by atoms with Gasteiger partial charge in [0.1, 0.15) is 0 Å². The van der Waals surface area contributed by atoms with E-state index in [0.717, 1.165) is 18.8 Å². The molecule has 1 aliphatic rings. The molecule has 0 aromatic carbocycles. The van der Waals surface area contributed by atoms with Gasteiger partial charge in [-0.15, -0.1) is 12.3 Å². The summed E-state index contributed by atoms with van der Waals surface area (Å²) in [6.07, 6.45) is 11.3. The molecule has 13 heavy (non-hydrogen) atoms. The zero-order chi connectivity index (χ0) is 9.73. The van der Waals surface area contributed by atoms with E-state index in [1.54, 1.807) is 0 Å². The lowest BCUT2D eigenvalue weighted by Gasteiger charge is -2.30. The largest absolute Gasteiger partial charge is 0.311 e. The number of rotatable bonds is 4. The third-order valence-electron chi connectivity index (χ3n) is 2.88. The van der Waals surface area contributed by atoms with Crippen LogP contribution in [0, 0.1) is 18.3 Å². The molecule has 0 saturated carbocycles. The number of nitrogens with one attached hydrogen (secondary N) is 1. The van der Waals surface area contributed by atoms with Gasteiger partial charge in [-0.25, -0.2) is 0 Å². The van der Waals surface area contributed by atoms with E-state index in [9.17, 15) is 0 Å². The summed E-state index contributed by atoms with van der Waals surface area (Å²) in [6.45, 7) is 5.76. The van der Waals surface area contributed by atoms with E-state index in [0.29, 0.717) is 5.54 Å². The molecule has 1 atom stereocenters. The maximum absolute atomic E-state index is 5.32. The van der Waals surface area contributed by atoms with E-state index in [-0.39, 0.29) is 0 Å². The van der Waals surface area contributed by atoms with Crippen LogP contribution in [0.3, 0.4) is 0 Å². The number of hydrogen-bond donors (Lipinski definition) is 1. The minimum absolute atomic E-state index is 0.376. The molecule has 1 saturated heterocycles. The minimum Gasteiger partial charge on any atom is -0.311 e. The highest BCUT2D eigenvalue weighted by molar-refractivity contribution is 4.97. The standard InChI is InChI=1S/C12H21N/c1-4-5-7-12(10-11(2)3)8-6-9-13-12/h1,11,13H,5-10H2,2-3H3. The Morgan fingerprint density at radius 3 is 2.77 bits per heavy atom. The molecular formula is C12H21N. The number of hydrogen-bond acceptors (Lipinski definition) is 1. The average molecular weight is 179 g/mol. The van der Waals surface area contributed by atoms with Gasteiger partial charge in [-0.05, 0) is 38.1 Å². The van der Waals surface area contributed by atoms with Crippen LogP contribution in [0.2, 0.25) is 0 Å². The number of terminal acetylenes is 1. The lowest BCUT2D eigenvalue weighted by Crippen LogP contribution is -2.40. The van der Waals surface area contributed by atoms with Crippen LogP contribution in [0.15, 0.2) is 0 Å². The van der Waals surface area contributed by atoms with Crippen LogP contribution >= 0.6 is 0 Å². The first-order valence-corrected chi connectivity index (χ1v) is 5.37. The molecule has 1 heterocycles. The lowest BCUT2D eigenvalue weighted by atomic mass is 9.84. The van der Waals surface area contributed by atoms with Gasteiger partial charge in [0.05, 0.1) is 0 Å². The highest BCUT2D eigenvalue weighted by Crippen LogP contribution is 2.30. The van der Waals surface area contributed by atoms with Gasteiger partial charge < -0.3 is 5.32 Å². The van der Waals surface area contributed by atoms with Crippen molar-refractivity contribution in [3.63, 3.8) is 0 Å². The summed E-state index contributed by atoms with van der Waals surface area (Å²) >= 11 is 0. The van der Waals surface area contributed by atoms with Crippen molar-refractivity contribution in [1.82, 2.24) is 5.32 Å². The van der Waals surface area contributed by atoms with E-state index in [1.165, 1.54) is 25.8 Å². The van der Waals surface area contributed by atoms with E-state index in [1.807, 2.05) is 0 Å². The van der Waals surface area contributed by atoms with Crippen molar-refractivity contribution < 1.29 is 0 Å². The molecule has 74 valence electrons. The van der Waals surface area contributed by atoms with Gasteiger partial charge in [0.2, 0.25) is 0 Å². The van der Waals surface area contributed by atoms with Crippen molar-refractivity contribution in [1.29, 1.82) is 0 Å². The van der Waals surface area contributed by atoms with Gasteiger partial charge in [-0.1, -0.05) is 13.8 Å². The zero-order valence-corrected chi connectivity index (χ0v) is 8.90. The Balaban J connectivity index is 2.48. The fraction of sp³-hybridized carbons (Fsp3) is 0.833. The van der Waals surface area contributed by atoms with Crippen LogP contribution in [-0.4, -0.2) is 12.1 Å². The van der Waals surface area contributed by atoms with Crippen LogP contribution in [-0.2, 0) is 0 Å². The summed E-state index contributed by atoms with van der Waals surface area (Å²) in [5.74, 6) is 3.52. The Bertz CT molecular complexity index is 182. The first-order valence-electron chi connectivity index (χ1n) is 5.37. The minimum atomic E-state index is 0.376. The predicted molar refractivity (Wildman–Crippen MR) is 57.5 cm³/mol. The van der Waals surface area contributed by atoms with Crippen LogP contribution < -0.4 is 5.32 Å². The fourth-order valence-corrected chi connectivity index (χ4v) is 2.45. The molecule has 0 aromatic rings. The monoisotopic (exact) mass is 179 g/mol. The summed E-state index contributed by atoms with van der Waals surface area (Å²) in [5, 5.41) is 3.64. The fourth-order valence-electron chi connectivity index (χ4n) is 2.45. The average Bonchev–Trinajstić information content (AvgIpc) is 2.49. The van der Waals surface area contributed by atoms with Crippen LogP contribution in [0.1, 0.15) is 46.0 Å². The first kappa shape index (κ1) is 10.6. The van der Waals surface area contributed by atoms with Gasteiger partial charge in [0.25, 0.3) is 0 Å². The Morgan fingerprint density at radius 2 is 2.31 bits per heavy atom. The lowest BCUT2D eigenvalue weighted by molar-refractivity contribution is 0.287. The normalized spacial score (nSPS) is 27.8. The molecule has 0 amide bonds. The Labute approximate surface area is 82.3 Å². The van der Waals surface area contributed by atoms with E-state index in [2.05, 4.69) is 25.1 Å². The first-order chi connectivity index (χ1) is 6.18. The summed E-state index contributed by atoms with van der Waals surface area (Å²) in [5.41, 5.74) is 0.376. The highest BCUT2D eigenvalue weighted by atomic mass is 15.0. The molecule has 0 aromatic heterocycles. The van der Waals surface area contributed by atoms with Crippen molar-refractivity contribution in [2.45, 2.75) is 51.5 Å². The van der Waals surface area contributed by atoms with Crippen LogP contribution in [0.5, 0.6) is 0 Å². The molecule has 1 unspecified atom stereocenters. The maximum atomic E-state index is 5.32. The van der Waals surface area contributed by atoms with Crippen LogP contribution in [0.25, 0.3) is 0 Å². The molecule has 1 N–H and O–H groups in total. The zero-order valence-electron chi connectivity index (χ0n) is 8.90. The topological polar surface area (TPSA) is 12.0 Å². The van der Waals surface area contributed by atoms with Crippen molar-refractivity contribution in [3.8, 4) is 12.3 Å². The SMILES string of the molecule is C#CCCC1(CC(C)C)CCCN1. The summed E-state index contributed by atoms with van der Waals surface area (Å²) in [7, 11) is 0. The molecule has 0 aliphatic carbocycles. The summed E-state index contributed by atoms with van der Waals surface area (Å²) in [4.78, 5) is 0. The quantitative estimate of drug-likeness (QED) is 0.654. The Morgan fingerprint density at radius 1 is 1.54 bits per heavy atom. The summed E-state index contributed by atoms with van der Waals surface area (Å²) in [6, 6.07) is 0. The van der Waals surface area contributed by atoms with Crippen molar-refractivity contribution in [3.05, 3.63) is 0 Å². The second-order valence-corrected chi connectivity index (χ2v) is 4.61. The van der Waals surface area contributed by atoms with E-state index in [4.69, 9.17) is 6.42 Å². The smallest absolute Gasteiger partial charge is 0.0193 e. The molecule has 0 spiro atoms. The van der Waals surface area contributed by atoms with E-state index >= 15 is 0 Å². The van der Waals surface area contributed by atoms with Crippen molar-refractivity contribution >= 4 is 0 Å². The summed E-state index contributed by atoms with van der Waals surface area (Å²) < 4.78 is 0. The third kappa shape index (κ3) is 3.04. The van der Waals surface area contributed by atoms with Crippen LogP contribution in [0.4, 0.5) is 0 Å². The van der Waals surface area contributed by atoms with E-state index < -0.39 is 0 Å². The van der Waals surface area contributed by atoms with Gasteiger partial charge in [0, 0.05) is 12.0 Å². The van der Waals surface area contributed by atoms with Crippen molar-refractivity contribution in [2.75, 3.05) is 6.54 Å². The van der Waals surface area contributed by atoms with Gasteiger partial charge in [0.15, 0.2) is 0 Å². The molecule has 1 nitrogen and oxygen atoms in total. The molecule has 0 radical (unpaired) electrons. The Hall–Kier alpha value is -0.480. The second-order valence-electron chi connectivity index (χ2n) is 4.61. The van der Waals surface area contributed by atoms with Crippen molar-refractivity contribution in [2.24, 2.45) is 5.92 Å².